The van der Waals surface area contributed by atoms with E-state index in [0.29, 0.717) is 11.0 Å². The first-order valence-electron chi connectivity index (χ1n) is 5.64. The van der Waals surface area contributed by atoms with E-state index < -0.39 is 0 Å². The van der Waals surface area contributed by atoms with Gasteiger partial charge in [0, 0.05) is 15.7 Å². The Morgan fingerprint density at radius 1 is 1.18 bits per heavy atom. The molecule has 3 heteroatoms. The summed E-state index contributed by atoms with van der Waals surface area (Å²) in [6.07, 6.45) is 0. The second-order valence-corrected chi connectivity index (χ2v) is 7.09. The molecule has 0 aliphatic carbocycles. The van der Waals surface area contributed by atoms with Gasteiger partial charge >= 0.3 is 0 Å². The molecule has 0 aliphatic rings. The third-order valence-corrected chi connectivity index (χ3v) is 5.00. The normalized spacial score (nSPS) is 11.1. The maximum absolute atomic E-state index is 10.1. The number of aromatic hydroxyl groups is 1. The Morgan fingerprint density at radius 2 is 1.82 bits per heavy atom. The van der Waals surface area contributed by atoms with Crippen LogP contribution >= 0.6 is 23.1 Å². The quantitative estimate of drug-likeness (QED) is 0.793. The molecule has 1 aromatic carbocycles. The maximum atomic E-state index is 10.1. The Balaban J connectivity index is 2.43. The lowest BCUT2D eigenvalue weighted by Crippen LogP contribution is -1.83. The standard InChI is InChI=1S/C14H16OS2/c1-9(2)16-14-12(15)10(3)13(17-14)11-7-5-4-6-8-11/h4-9,15H,1-3H3. The van der Waals surface area contributed by atoms with Crippen molar-refractivity contribution in [1.82, 2.24) is 0 Å². The molecular formula is C14H16OS2. The van der Waals surface area contributed by atoms with Gasteiger partial charge in [0.2, 0.25) is 0 Å². The van der Waals surface area contributed by atoms with Crippen LogP contribution in [0.15, 0.2) is 34.5 Å². The van der Waals surface area contributed by atoms with Crippen molar-refractivity contribution in [3.63, 3.8) is 0 Å². The number of rotatable bonds is 3. The number of thioether (sulfide) groups is 1. The second kappa shape index (κ2) is 5.15. The Kier molecular flexibility index (Phi) is 3.79. The molecule has 0 aliphatic heterocycles. The van der Waals surface area contributed by atoms with Crippen molar-refractivity contribution in [3.05, 3.63) is 35.9 Å². The number of thiophene rings is 1. The van der Waals surface area contributed by atoms with Crippen LogP contribution in [0.5, 0.6) is 5.75 Å². The molecule has 0 atom stereocenters. The molecule has 90 valence electrons. The summed E-state index contributed by atoms with van der Waals surface area (Å²) in [4.78, 5) is 1.17. The fourth-order valence-corrected chi connectivity index (χ4v) is 4.29. The maximum Gasteiger partial charge on any atom is 0.143 e. The number of benzene rings is 1. The van der Waals surface area contributed by atoms with Crippen LogP contribution in [0.2, 0.25) is 0 Å². The van der Waals surface area contributed by atoms with Crippen LogP contribution in [0, 0.1) is 6.92 Å². The molecule has 0 fully saturated rings. The highest BCUT2D eigenvalue weighted by Crippen LogP contribution is 2.46. The summed E-state index contributed by atoms with van der Waals surface area (Å²) in [5.74, 6) is 0.451. The van der Waals surface area contributed by atoms with E-state index in [4.69, 9.17) is 0 Å². The first kappa shape index (κ1) is 12.5. The Labute approximate surface area is 111 Å². The minimum Gasteiger partial charge on any atom is -0.506 e. The molecule has 0 unspecified atom stereocenters. The minimum atomic E-state index is 0.451. The lowest BCUT2D eigenvalue weighted by Gasteiger charge is -2.01. The van der Waals surface area contributed by atoms with E-state index in [0.717, 1.165) is 9.77 Å². The van der Waals surface area contributed by atoms with Crippen LogP contribution in [0.25, 0.3) is 10.4 Å². The van der Waals surface area contributed by atoms with Crippen LogP contribution in [0.1, 0.15) is 19.4 Å². The van der Waals surface area contributed by atoms with Gasteiger partial charge in [0.1, 0.15) is 9.96 Å². The monoisotopic (exact) mass is 264 g/mol. The fourth-order valence-electron chi connectivity index (χ4n) is 1.64. The van der Waals surface area contributed by atoms with Gasteiger partial charge < -0.3 is 5.11 Å². The molecule has 0 radical (unpaired) electrons. The molecule has 2 aromatic rings. The van der Waals surface area contributed by atoms with Crippen LogP contribution < -0.4 is 0 Å². The predicted molar refractivity (Wildman–Crippen MR) is 77.1 cm³/mol. The van der Waals surface area contributed by atoms with Crippen molar-refractivity contribution in [2.75, 3.05) is 0 Å². The van der Waals surface area contributed by atoms with E-state index in [1.165, 1.54) is 10.4 Å². The largest absolute Gasteiger partial charge is 0.506 e. The summed E-state index contributed by atoms with van der Waals surface area (Å²) < 4.78 is 1.02. The highest BCUT2D eigenvalue weighted by molar-refractivity contribution is 8.01. The van der Waals surface area contributed by atoms with Crippen molar-refractivity contribution in [3.8, 4) is 16.2 Å². The smallest absolute Gasteiger partial charge is 0.143 e. The van der Waals surface area contributed by atoms with Crippen molar-refractivity contribution in [2.45, 2.75) is 30.2 Å². The molecule has 1 heterocycles. The average Bonchev–Trinajstić information content (AvgIpc) is 2.58. The van der Waals surface area contributed by atoms with Crippen LogP contribution in [-0.4, -0.2) is 10.4 Å². The molecule has 1 nitrogen and oxygen atoms in total. The zero-order valence-electron chi connectivity index (χ0n) is 10.2. The van der Waals surface area contributed by atoms with Gasteiger partial charge in [0.05, 0.1) is 0 Å². The minimum absolute atomic E-state index is 0.451. The number of hydrogen-bond donors (Lipinski definition) is 1. The molecule has 0 spiro atoms. The van der Waals surface area contributed by atoms with Gasteiger partial charge in [-0.15, -0.1) is 23.1 Å². The van der Waals surface area contributed by atoms with E-state index in [2.05, 4.69) is 26.0 Å². The van der Waals surface area contributed by atoms with Crippen molar-refractivity contribution < 1.29 is 5.11 Å². The highest BCUT2D eigenvalue weighted by atomic mass is 32.2. The summed E-state index contributed by atoms with van der Waals surface area (Å²) in [6, 6.07) is 10.2. The van der Waals surface area contributed by atoms with Gasteiger partial charge in [-0.2, -0.15) is 0 Å². The Bertz CT molecular complexity index is 500. The second-order valence-electron chi connectivity index (χ2n) is 4.22. The van der Waals surface area contributed by atoms with E-state index in [-0.39, 0.29) is 0 Å². The van der Waals surface area contributed by atoms with Crippen molar-refractivity contribution >= 4 is 23.1 Å². The summed E-state index contributed by atoms with van der Waals surface area (Å²) in [5.41, 5.74) is 2.17. The Hall–Kier alpha value is -0.930. The highest BCUT2D eigenvalue weighted by Gasteiger charge is 2.16. The van der Waals surface area contributed by atoms with Gasteiger partial charge in [0.15, 0.2) is 0 Å². The molecule has 1 N–H and O–H groups in total. The zero-order chi connectivity index (χ0) is 12.4. The van der Waals surface area contributed by atoms with Crippen LogP contribution in [-0.2, 0) is 0 Å². The molecular weight excluding hydrogens is 248 g/mol. The summed E-state index contributed by atoms with van der Waals surface area (Å²) in [7, 11) is 0. The van der Waals surface area contributed by atoms with Crippen molar-refractivity contribution in [1.29, 1.82) is 0 Å². The van der Waals surface area contributed by atoms with Crippen molar-refractivity contribution in [2.24, 2.45) is 0 Å². The molecule has 0 saturated heterocycles. The first-order valence-corrected chi connectivity index (χ1v) is 7.33. The summed E-state index contributed by atoms with van der Waals surface area (Å²) >= 11 is 3.40. The van der Waals surface area contributed by atoms with E-state index in [1.807, 2.05) is 25.1 Å². The third kappa shape index (κ3) is 2.67. The molecule has 0 bridgehead atoms. The topological polar surface area (TPSA) is 20.2 Å². The molecule has 1 aromatic heterocycles. The van der Waals surface area contributed by atoms with Gasteiger partial charge in [-0.25, -0.2) is 0 Å². The third-order valence-electron chi connectivity index (χ3n) is 2.46. The summed E-state index contributed by atoms with van der Waals surface area (Å²) in [6.45, 7) is 6.27. The first-order chi connectivity index (χ1) is 8.09. The molecule has 0 saturated carbocycles. The van der Waals surface area contributed by atoms with Crippen LogP contribution in [0.3, 0.4) is 0 Å². The van der Waals surface area contributed by atoms with E-state index in [1.54, 1.807) is 23.1 Å². The van der Waals surface area contributed by atoms with Gasteiger partial charge in [-0.1, -0.05) is 44.2 Å². The van der Waals surface area contributed by atoms with Gasteiger partial charge in [-0.05, 0) is 12.5 Å². The molecule has 0 amide bonds. The molecule has 2 rings (SSSR count). The summed E-state index contributed by atoms with van der Waals surface area (Å²) in [5, 5.41) is 10.6. The lowest BCUT2D eigenvalue weighted by molar-refractivity contribution is 0.463. The fraction of sp³-hybridized carbons (Fsp3) is 0.286. The van der Waals surface area contributed by atoms with E-state index >= 15 is 0 Å². The SMILES string of the molecule is Cc1c(-c2ccccc2)sc(SC(C)C)c1O. The zero-order valence-corrected chi connectivity index (χ0v) is 11.9. The van der Waals surface area contributed by atoms with Crippen LogP contribution in [0.4, 0.5) is 0 Å². The van der Waals surface area contributed by atoms with E-state index in [9.17, 15) is 5.11 Å². The van der Waals surface area contributed by atoms with Gasteiger partial charge in [-0.3, -0.25) is 0 Å². The lowest BCUT2D eigenvalue weighted by atomic mass is 10.1. The Morgan fingerprint density at radius 3 is 2.41 bits per heavy atom. The number of hydrogen-bond acceptors (Lipinski definition) is 3. The predicted octanol–water partition coefficient (Wildman–Crippen LogP) is 4.93. The average molecular weight is 264 g/mol. The van der Waals surface area contributed by atoms with Gasteiger partial charge in [0.25, 0.3) is 0 Å². The molecule has 17 heavy (non-hydrogen) atoms.